The van der Waals surface area contributed by atoms with E-state index in [1.54, 1.807) is 7.11 Å². The predicted octanol–water partition coefficient (Wildman–Crippen LogP) is 2.99. The highest BCUT2D eigenvalue weighted by atomic mass is 16.5. The molecule has 0 unspecified atom stereocenters. The van der Waals surface area contributed by atoms with Gasteiger partial charge in [-0.15, -0.1) is 0 Å². The van der Waals surface area contributed by atoms with Crippen molar-refractivity contribution in [3.63, 3.8) is 0 Å². The van der Waals surface area contributed by atoms with E-state index in [0.29, 0.717) is 6.42 Å². The lowest BCUT2D eigenvalue weighted by molar-refractivity contribution is -0.126. The molecule has 0 saturated heterocycles. The first-order valence-corrected chi connectivity index (χ1v) is 5.31. The van der Waals surface area contributed by atoms with E-state index in [-0.39, 0.29) is 17.8 Å². The fourth-order valence-corrected chi connectivity index (χ4v) is 1.76. The Morgan fingerprint density at radius 3 is 2.40 bits per heavy atom. The van der Waals surface area contributed by atoms with Crippen molar-refractivity contribution < 1.29 is 9.53 Å². The zero-order valence-electron chi connectivity index (χ0n) is 9.57. The van der Waals surface area contributed by atoms with Gasteiger partial charge in [0.25, 0.3) is 0 Å². The van der Waals surface area contributed by atoms with Crippen LogP contribution in [0.25, 0.3) is 0 Å². The summed E-state index contributed by atoms with van der Waals surface area (Å²) >= 11 is 0. The van der Waals surface area contributed by atoms with E-state index >= 15 is 0 Å². The van der Waals surface area contributed by atoms with Crippen LogP contribution in [0.2, 0.25) is 0 Å². The van der Waals surface area contributed by atoms with Gasteiger partial charge in [-0.2, -0.15) is 0 Å². The van der Waals surface area contributed by atoms with Gasteiger partial charge in [0, 0.05) is 19.4 Å². The van der Waals surface area contributed by atoms with Crippen LogP contribution in [0.15, 0.2) is 30.3 Å². The van der Waals surface area contributed by atoms with Gasteiger partial charge in [-0.3, -0.25) is 4.79 Å². The van der Waals surface area contributed by atoms with Crippen LogP contribution >= 0.6 is 0 Å². The summed E-state index contributed by atoms with van der Waals surface area (Å²) in [7, 11) is 1.65. The Kier molecular flexibility index (Phi) is 4.50. The van der Waals surface area contributed by atoms with Crippen molar-refractivity contribution >= 4 is 5.78 Å². The molecule has 2 heteroatoms. The number of rotatable bonds is 5. The summed E-state index contributed by atoms with van der Waals surface area (Å²) in [6.07, 6.45) is 0.437. The maximum Gasteiger partial charge on any atom is 0.138 e. The first kappa shape index (κ1) is 11.9. The first-order valence-electron chi connectivity index (χ1n) is 5.31. The number of Topliss-reactive ketones (excluding diaryl/α,β-unsaturated/α-hetero) is 1. The van der Waals surface area contributed by atoms with Gasteiger partial charge in [0.15, 0.2) is 0 Å². The topological polar surface area (TPSA) is 26.3 Å². The van der Waals surface area contributed by atoms with E-state index in [2.05, 4.69) is 0 Å². The van der Waals surface area contributed by atoms with Crippen LogP contribution in [0.5, 0.6) is 0 Å². The average Bonchev–Trinajstić information content (AvgIpc) is 2.30. The second-order valence-electron chi connectivity index (χ2n) is 3.68. The van der Waals surface area contributed by atoms with Crippen molar-refractivity contribution in [2.24, 2.45) is 5.92 Å². The summed E-state index contributed by atoms with van der Waals surface area (Å²) in [6.45, 7) is 3.81. The molecule has 0 saturated carbocycles. The second-order valence-corrected chi connectivity index (χ2v) is 3.68. The molecule has 1 aromatic carbocycles. The molecule has 15 heavy (non-hydrogen) atoms. The number of methoxy groups -OCH3 is 1. The molecule has 0 fully saturated rings. The van der Waals surface area contributed by atoms with Crippen molar-refractivity contribution in [1.29, 1.82) is 0 Å². The van der Waals surface area contributed by atoms with Gasteiger partial charge < -0.3 is 4.74 Å². The van der Waals surface area contributed by atoms with Crippen LogP contribution in [0.4, 0.5) is 0 Å². The van der Waals surface area contributed by atoms with E-state index in [9.17, 15) is 4.79 Å². The maximum atomic E-state index is 11.6. The SMILES string of the molecule is CCC(=O)[C@@H](C)[C@H](OC)c1ccccc1. The van der Waals surface area contributed by atoms with Crippen molar-refractivity contribution in [2.45, 2.75) is 26.4 Å². The molecule has 0 radical (unpaired) electrons. The van der Waals surface area contributed by atoms with Crippen LogP contribution < -0.4 is 0 Å². The molecule has 0 aliphatic heterocycles. The lowest BCUT2D eigenvalue weighted by Crippen LogP contribution is -2.20. The molecule has 0 N–H and O–H groups in total. The Balaban J connectivity index is 2.85. The Labute approximate surface area is 91.3 Å². The number of hydrogen-bond acceptors (Lipinski definition) is 2. The lowest BCUT2D eigenvalue weighted by atomic mass is 9.92. The average molecular weight is 206 g/mol. The van der Waals surface area contributed by atoms with Gasteiger partial charge in [-0.05, 0) is 5.56 Å². The predicted molar refractivity (Wildman–Crippen MR) is 60.7 cm³/mol. The molecule has 82 valence electrons. The molecular formula is C13H18O2. The Bertz CT molecular complexity index is 306. The largest absolute Gasteiger partial charge is 0.376 e. The van der Waals surface area contributed by atoms with Gasteiger partial charge in [0.05, 0.1) is 6.10 Å². The Morgan fingerprint density at radius 1 is 1.33 bits per heavy atom. The highest BCUT2D eigenvalue weighted by Crippen LogP contribution is 2.26. The zero-order valence-corrected chi connectivity index (χ0v) is 9.57. The minimum absolute atomic E-state index is 0.0811. The third kappa shape index (κ3) is 2.90. The van der Waals surface area contributed by atoms with Gasteiger partial charge >= 0.3 is 0 Å². The zero-order chi connectivity index (χ0) is 11.3. The molecular weight excluding hydrogens is 188 g/mol. The number of hydrogen-bond donors (Lipinski definition) is 0. The second kappa shape index (κ2) is 5.66. The van der Waals surface area contributed by atoms with Gasteiger partial charge in [0.2, 0.25) is 0 Å². The van der Waals surface area contributed by atoms with E-state index < -0.39 is 0 Å². The first-order chi connectivity index (χ1) is 7.20. The van der Waals surface area contributed by atoms with Gasteiger partial charge in [-0.25, -0.2) is 0 Å². The third-order valence-corrected chi connectivity index (χ3v) is 2.69. The molecule has 0 amide bonds. The number of ether oxygens (including phenoxy) is 1. The molecule has 0 bridgehead atoms. The molecule has 0 aliphatic carbocycles. The molecule has 0 aliphatic rings. The highest BCUT2D eigenvalue weighted by molar-refractivity contribution is 5.81. The number of carbonyl (C=O) groups excluding carboxylic acids is 1. The van der Waals surface area contributed by atoms with E-state index in [1.807, 2.05) is 44.2 Å². The van der Waals surface area contributed by atoms with Crippen molar-refractivity contribution in [3.05, 3.63) is 35.9 Å². The van der Waals surface area contributed by atoms with Crippen LogP contribution in [0.1, 0.15) is 31.9 Å². The van der Waals surface area contributed by atoms with Crippen LogP contribution in [0.3, 0.4) is 0 Å². The molecule has 0 heterocycles. The number of benzene rings is 1. The van der Waals surface area contributed by atoms with Crippen LogP contribution in [0, 0.1) is 5.92 Å². The summed E-state index contributed by atoms with van der Waals surface area (Å²) in [5, 5.41) is 0. The number of ketones is 1. The standard InChI is InChI=1S/C13H18O2/c1-4-12(14)10(2)13(15-3)11-8-6-5-7-9-11/h5-10,13H,4H2,1-3H3/t10-,13+/m1/s1. The normalized spacial score (nSPS) is 14.6. The van der Waals surface area contributed by atoms with Gasteiger partial charge in [-0.1, -0.05) is 44.2 Å². The summed E-state index contributed by atoms with van der Waals surface area (Å²) in [6, 6.07) is 9.87. The molecule has 2 atom stereocenters. The van der Waals surface area contributed by atoms with Gasteiger partial charge in [0.1, 0.15) is 5.78 Å². The highest BCUT2D eigenvalue weighted by Gasteiger charge is 2.23. The summed E-state index contributed by atoms with van der Waals surface area (Å²) in [5.41, 5.74) is 1.06. The van der Waals surface area contributed by atoms with Crippen molar-refractivity contribution in [2.75, 3.05) is 7.11 Å². The third-order valence-electron chi connectivity index (χ3n) is 2.69. The Morgan fingerprint density at radius 2 is 1.93 bits per heavy atom. The minimum atomic E-state index is -0.126. The smallest absolute Gasteiger partial charge is 0.138 e. The van der Waals surface area contributed by atoms with E-state index in [0.717, 1.165) is 5.56 Å². The van der Waals surface area contributed by atoms with Crippen molar-refractivity contribution in [3.8, 4) is 0 Å². The lowest BCUT2D eigenvalue weighted by Gasteiger charge is -2.21. The number of carbonyl (C=O) groups is 1. The maximum absolute atomic E-state index is 11.6. The van der Waals surface area contributed by atoms with Crippen LogP contribution in [-0.2, 0) is 9.53 Å². The van der Waals surface area contributed by atoms with Crippen molar-refractivity contribution in [1.82, 2.24) is 0 Å². The fourth-order valence-electron chi connectivity index (χ4n) is 1.76. The molecule has 0 aromatic heterocycles. The van der Waals surface area contributed by atoms with E-state index in [4.69, 9.17) is 4.74 Å². The molecule has 1 aromatic rings. The summed E-state index contributed by atoms with van der Waals surface area (Å²) < 4.78 is 5.40. The fraction of sp³-hybridized carbons (Fsp3) is 0.462. The summed E-state index contributed by atoms with van der Waals surface area (Å²) in [4.78, 5) is 11.6. The minimum Gasteiger partial charge on any atom is -0.376 e. The quantitative estimate of drug-likeness (QED) is 0.740. The summed E-state index contributed by atoms with van der Waals surface area (Å²) in [5.74, 6) is 0.160. The monoisotopic (exact) mass is 206 g/mol. The van der Waals surface area contributed by atoms with E-state index in [1.165, 1.54) is 0 Å². The van der Waals surface area contributed by atoms with Crippen LogP contribution in [-0.4, -0.2) is 12.9 Å². The Hall–Kier alpha value is -1.15. The molecule has 1 rings (SSSR count). The molecule has 2 nitrogen and oxygen atoms in total. The molecule has 0 spiro atoms.